The molecule has 1 fully saturated rings. The summed E-state index contributed by atoms with van der Waals surface area (Å²) in [5.41, 5.74) is 2.76. The van der Waals surface area contributed by atoms with E-state index < -0.39 is 5.91 Å². The fourth-order valence-corrected chi connectivity index (χ4v) is 4.70. The number of anilines is 1. The number of rotatable bonds is 5. The third kappa shape index (κ3) is 4.24. The van der Waals surface area contributed by atoms with Crippen molar-refractivity contribution in [2.75, 3.05) is 31.1 Å². The summed E-state index contributed by atoms with van der Waals surface area (Å²) in [5, 5.41) is 8.75. The zero-order valence-electron chi connectivity index (χ0n) is 19.9. The molecule has 0 bridgehead atoms. The van der Waals surface area contributed by atoms with E-state index in [-0.39, 0.29) is 23.9 Å². The van der Waals surface area contributed by atoms with E-state index in [1.807, 2.05) is 42.5 Å². The number of fused-ring (bicyclic) bond motifs is 1. The second-order valence-electron chi connectivity index (χ2n) is 8.96. The average Bonchev–Trinajstić information content (AvgIpc) is 3.56. The van der Waals surface area contributed by atoms with Crippen molar-refractivity contribution in [1.82, 2.24) is 20.0 Å². The topological polar surface area (TPSA) is 99.8 Å². The van der Waals surface area contributed by atoms with E-state index in [4.69, 9.17) is 4.42 Å². The van der Waals surface area contributed by atoms with Crippen molar-refractivity contribution in [3.05, 3.63) is 102 Å². The molecule has 9 heteroatoms. The molecule has 1 saturated heterocycles. The van der Waals surface area contributed by atoms with Gasteiger partial charge in [-0.1, -0.05) is 30.3 Å². The maximum atomic E-state index is 13.2. The molecule has 4 heterocycles. The van der Waals surface area contributed by atoms with Gasteiger partial charge in [0.25, 0.3) is 17.7 Å². The van der Waals surface area contributed by atoms with Crippen LogP contribution in [0.3, 0.4) is 0 Å². The quantitative estimate of drug-likeness (QED) is 0.392. The summed E-state index contributed by atoms with van der Waals surface area (Å²) in [6.45, 7) is 2.31. The summed E-state index contributed by atoms with van der Waals surface area (Å²) >= 11 is 0. The molecule has 2 aromatic heterocycles. The predicted molar refractivity (Wildman–Crippen MR) is 135 cm³/mol. The van der Waals surface area contributed by atoms with Crippen molar-refractivity contribution < 1.29 is 18.8 Å². The van der Waals surface area contributed by atoms with Gasteiger partial charge in [0.1, 0.15) is 5.76 Å². The third-order valence-corrected chi connectivity index (χ3v) is 6.72. The Kier molecular flexibility index (Phi) is 5.72. The molecule has 184 valence electrons. The molecule has 0 atom stereocenters. The smallest absolute Gasteiger partial charge is 0.261 e. The highest BCUT2D eigenvalue weighted by atomic mass is 16.3. The first-order valence-electron chi connectivity index (χ1n) is 12.0. The first-order chi connectivity index (χ1) is 18.1. The maximum Gasteiger partial charge on any atom is 0.261 e. The lowest BCUT2D eigenvalue weighted by molar-refractivity contribution is 0.0631. The summed E-state index contributed by atoms with van der Waals surface area (Å²) in [6.07, 6.45) is 1.50. The first-order valence-corrected chi connectivity index (χ1v) is 12.0. The first kappa shape index (κ1) is 22.7. The number of imide groups is 1. The average molecular weight is 494 g/mol. The summed E-state index contributed by atoms with van der Waals surface area (Å²) < 4.78 is 5.28. The lowest BCUT2D eigenvalue weighted by Gasteiger charge is -2.35. The van der Waals surface area contributed by atoms with Gasteiger partial charge in [-0.25, -0.2) is 0 Å². The molecule has 9 nitrogen and oxygen atoms in total. The Morgan fingerprint density at radius 2 is 1.59 bits per heavy atom. The second-order valence-corrected chi connectivity index (χ2v) is 8.96. The summed E-state index contributed by atoms with van der Waals surface area (Å²) in [7, 11) is 0. The van der Waals surface area contributed by atoms with Gasteiger partial charge >= 0.3 is 0 Å². The van der Waals surface area contributed by atoms with E-state index >= 15 is 0 Å². The Labute approximate surface area is 212 Å². The molecule has 2 aliphatic rings. The molecule has 0 saturated carbocycles. The summed E-state index contributed by atoms with van der Waals surface area (Å²) in [6, 6.07) is 21.9. The zero-order chi connectivity index (χ0) is 25.4. The highest BCUT2D eigenvalue weighted by molar-refractivity contribution is 6.22. The number of benzene rings is 2. The van der Waals surface area contributed by atoms with Gasteiger partial charge in [-0.2, -0.15) is 0 Å². The number of hydrogen-bond acceptors (Lipinski definition) is 7. The Balaban J connectivity index is 1.11. The van der Waals surface area contributed by atoms with Crippen LogP contribution in [0.5, 0.6) is 0 Å². The standard InChI is InChI=1S/C28H23N5O4/c34-26(20-8-9-22-23(17-20)28(36)33(27(22)35)18-21-7-4-16-37-21)32-14-12-31(13-15-32)25-11-10-24(29-30-25)19-5-2-1-3-6-19/h1-11,16-17H,12-15,18H2. The Hall–Kier alpha value is -4.79. The normalized spacial score (nSPS) is 15.3. The number of furan rings is 1. The summed E-state index contributed by atoms with van der Waals surface area (Å²) in [5.74, 6) is 0.308. The van der Waals surface area contributed by atoms with E-state index in [0.29, 0.717) is 43.1 Å². The minimum absolute atomic E-state index is 0.0554. The van der Waals surface area contributed by atoms with Crippen molar-refractivity contribution in [3.63, 3.8) is 0 Å². The van der Waals surface area contributed by atoms with Gasteiger partial charge in [0.05, 0.1) is 29.6 Å². The van der Waals surface area contributed by atoms with Crippen molar-refractivity contribution in [2.24, 2.45) is 0 Å². The number of aromatic nitrogens is 2. The van der Waals surface area contributed by atoms with Crippen LogP contribution in [0.15, 0.2) is 83.5 Å². The number of carbonyl (C=O) groups is 3. The largest absolute Gasteiger partial charge is 0.467 e. The molecule has 3 amide bonds. The Bertz CT molecular complexity index is 1460. The molecular formula is C28H23N5O4. The van der Waals surface area contributed by atoms with E-state index in [0.717, 1.165) is 22.0 Å². The number of piperazine rings is 1. The lowest BCUT2D eigenvalue weighted by Crippen LogP contribution is -2.49. The zero-order valence-corrected chi connectivity index (χ0v) is 19.9. The minimum Gasteiger partial charge on any atom is -0.467 e. The van der Waals surface area contributed by atoms with Gasteiger partial charge in [-0.3, -0.25) is 19.3 Å². The van der Waals surface area contributed by atoms with E-state index in [1.54, 1.807) is 29.2 Å². The summed E-state index contributed by atoms with van der Waals surface area (Å²) in [4.78, 5) is 43.9. The van der Waals surface area contributed by atoms with Crippen LogP contribution < -0.4 is 4.90 Å². The third-order valence-electron chi connectivity index (χ3n) is 6.72. The molecule has 0 radical (unpaired) electrons. The monoisotopic (exact) mass is 493 g/mol. The molecule has 0 unspecified atom stereocenters. The predicted octanol–water partition coefficient (Wildman–Crippen LogP) is 3.50. The van der Waals surface area contributed by atoms with Gasteiger partial charge < -0.3 is 14.2 Å². The maximum absolute atomic E-state index is 13.2. The molecule has 37 heavy (non-hydrogen) atoms. The molecule has 4 aromatic rings. The molecule has 0 N–H and O–H groups in total. The van der Waals surface area contributed by atoms with Crippen LogP contribution in [0.2, 0.25) is 0 Å². The van der Waals surface area contributed by atoms with E-state index in [9.17, 15) is 14.4 Å². The van der Waals surface area contributed by atoms with Crippen LogP contribution in [-0.2, 0) is 6.54 Å². The molecule has 2 aliphatic heterocycles. The van der Waals surface area contributed by atoms with Crippen molar-refractivity contribution in [1.29, 1.82) is 0 Å². The number of nitrogens with zero attached hydrogens (tertiary/aromatic N) is 5. The van der Waals surface area contributed by atoms with Crippen LogP contribution in [0.4, 0.5) is 5.82 Å². The fraction of sp³-hybridized carbons (Fsp3) is 0.179. The van der Waals surface area contributed by atoms with Crippen LogP contribution in [0, 0.1) is 0 Å². The van der Waals surface area contributed by atoms with Gasteiger partial charge in [0.2, 0.25) is 0 Å². The molecule has 0 aliphatic carbocycles. The van der Waals surface area contributed by atoms with E-state index in [1.165, 1.54) is 12.3 Å². The van der Waals surface area contributed by atoms with Gasteiger partial charge in [0, 0.05) is 37.3 Å². The fourth-order valence-electron chi connectivity index (χ4n) is 4.70. The molecule has 6 rings (SSSR count). The van der Waals surface area contributed by atoms with E-state index in [2.05, 4.69) is 15.1 Å². The van der Waals surface area contributed by atoms with Gasteiger partial charge in [-0.05, 0) is 42.5 Å². The van der Waals surface area contributed by atoms with Crippen molar-refractivity contribution >= 4 is 23.5 Å². The molecule has 2 aromatic carbocycles. The van der Waals surface area contributed by atoms with Crippen LogP contribution >= 0.6 is 0 Å². The van der Waals surface area contributed by atoms with Crippen LogP contribution in [-0.4, -0.2) is 63.9 Å². The highest BCUT2D eigenvalue weighted by Crippen LogP contribution is 2.27. The van der Waals surface area contributed by atoms with Crippen LogP contribution in [0.1, 0.15) is 36.8 Å². The number of carbonyl (C=O) groups excluding carboxylic acids is 3. The SMILES string of the molecule is O=C(c1ccc2c(c1)C(=O)N(Cc1ccco1)C2=O)N1CCN(c2ccc(-c3ccccc3)nn2)CC1. The van der Waals surface area contributed by atoms with Crippen molar-refractivity contribution in [3.8, 4) is 11.3 Å². The number of amides is 3. The molecular weight excluding hydrogens is 470 g/mol. The molecule has 0 spiro atoms. The van der Waals surface area contributed by atoms with Gasteiger partial charge in [0.15, 0.2) is 5.82 Å². The van der Waals surface area contributed by atoms with Gasteiger partial charge in [-0.15, -0.1) is 10.2 Å². The van der Waals surface area contributed by atoms with Crippen molar-refractivity contribution in [2.45, 2.75) is 6.54 Å². The highest BCUT2D eigenvalue weighted by Gasteiger charge is 2.37. The Morgan fingerprint density at radius 3 is 2.30 bits per heavy atom. The van der Waals surface area contributed by atoms with Crippen LogP contribution in [0.25, 0.3) is 11.3 Å². The Morgan fingerprint density at radius 1 is 0.811 bits per heavy atom. The minimum atomic E-state index is -0.423. The second kappa shape index (κ2) is 9.34. The number of hydrogen-bond donors (Lipinski definition) is 0. The lowest BCUT2D eigenvalue weighted by atomic mass is 10.0.